The van der Waals surface area contributed by atoms with Gasteiger partial charge in [-0.15, -0.1) is 6.58 Å². The molecular weight excluding hydrogens is 404 g/mol. The maximum absolute atomic E-state index is 13.1. The normalized spacial score (nSPS) is 13.6. The van der Waals surface area contributed by atoms with Crippen molar-refractivity contribution in [2.75, 3.05) is 25.6 Å². The van der Waals surface area contributed by atoms with Crippen LogP contribution < -0.4 is 14.8 Å². The van der Waals surface area contributed by atoms with Crippen molar-refractivity contribution in [3.8, 4) is 11.5 Å². The number of benzene rings is 2. The van der Waals surface area contributed by atoms with Crippen molar-refractivity contribution in [1.82, 2.24) is 4.90 Å². The molecule has 1 N–H and O–H groups in total. The third kappa shape index (κ3) is 4.33. The highest BCUT2D eigenvalue weighted by molar-refractivity contribution is 6.36. The van der Waals surface area contributed by atoms with Crippen LogP contribution in [0.2, 0.25) is 5.02 Å². The number of amides is 2. The molecule has 0 saturated heterocycles. The minimum atomic E-state index is -0.441. The standard InChI is InChI=1S/C23H23ClN2O4/c1-4-12-26-22(27)20(15-6-9-17(10-7-15)30-13-5-2)21(23(26)28)25-18-14-16(24)8-11-19(18)29-3/h4,6-11,14,25H,1,5,12-13H2,2-3H3. The number of imide groups is 1. The van der Waals surface area contributed by atoms with E-state index in [0.717, 1.165) is 11.3 Å². The van der Waals surface area contributed by atoms with Crippen LogP contribution in [0.1, 0.15) is 18.9 Å². The molecule has 0 aliphatic carbocycles. The summed E-state index contributed by atoms with van der Waals surface area (Å²) >= 11 is 6.11. The molecule has 3 rings (SSSR count). The maximum Gasteiger partial charge on any atom is 0.278 e. The van der Waals surface area contributed by atoms with E-state index in [1.54, 1.807) is 42.5 Å². The largest absolute Gasteiger partial charge is 0.495 e. The Morgan fingerprint density at radius 3 is 2.50 bits per heavy atom. The predicted molar refractivity (Wildman–Crippen MR) is 118 cm³/mol. The second-order valence-electron chi connectivity index (χ2n) is 6.60. The van der Waals surface area contributed by atoms with Crippen LogP contribution in [0.15, 0.2) is 60.8 Å². The lowest BCUT2D eigenvalue weighted by molar-refractivity contribution is -0.136. The van der Waals surface area contributed by atoms with Crippen LogP contribution in [0.3, 0.4) is 0 Å². The Hall–Kier alpha value is -3.25. The lowest BCUT2D eigenvalue weighted by Gasteiger charge is -2.14. The highest BCUT2D eigenvalue weighted by atomic mass is 35.5. The van der Waals surface area contributed by atoms with Gasteiger partial charge in [-0.1, -0.05) is 36.7 Å². The van der Waals surface area contributed by atoms with E-state index in [4.69, 9.17) is 21.1 Å². The van der Waals surface area contributed by atoms with Gasteiger partial charge in [-0.3, -0.25) is 14.5 Å². The van der Waals surface area contributed by atoms with E-state index < -0.39 is 11.8 Å². The van der Waals surface area contributed by atoms with Crippen LogP contribution in [0, 0.1) is 0 Å². The van der Waals surface area contributed by atoms with Crippen molar-refractivity contribution >= 4 is 34.7 Å². The number of hydrogen-bond donors (Lipinski definition) is 1. The van der Waals surface area contributed by atoms with Gasteiger partial charge in [0.25, 0.3) is 11.8 Å². The van der Waals surface area contributed by atoms with Gasteiger partial charge in [-0.05, 0) is 42.3 Å². The maximum atomic E-state index is 13.1. The first kappa shape index (κ1) is 21.5. The third-order valence-corrected chi connectivity index (χ3v) is 4.75. The van der Waals surface area contributed by atoms with Crippen molar-refractivity contribution in [3.63, 3.8) is 0 Å². The fraction of sp³-hybridized carbons (Fsp3) is 0.217. The number of methoxy groups -OCH3 is 1. The molecule has 30 heavy (non-hydrogen) atoms. The lowest BCUT2D eigenvalue weighted by Crippen LogP contribution is -2.32. The lowest BCUT2D eigenvalue weighted by atomic mass is 10.0. The zero-order chi connectivity index (χ0) is 21.7. The topological polar surface area (TPSA) is 67.9 Å². The van der Waals surface area contributed by atoms with Gasteiger partial charge in [0.05, 0.1) is 25.0 Å². The second-order valence-corrected chi connectivity index (χ2v) is 7.04. The fourth-order valence-corrected chi connectivity index (χ4v) is 3.28. The number of nitrogens with one attached hydrogen (secondary N) is 1. The summed E-state index contributed by atoms with van der Waals surface area (Å²) in [4.78, 5) is 27.2. The highest BCUT2D eigenvalue weighted by Gasteiger charge is 2.38. The van der Waals surface area contributed by atoms with E-state index >= 15 is 0 Å². The molecule has 156 valence electrons. The average molecular weight is 427 g/mol. The Morgan fingerprint density at radius 1 is 1.13 bits per heavy atom. The minimum Gasteiger partial charge on any atom is -0.495 e. The number of nitrogens with zero attached hydrogens (tertiary/aromatic N) is 1. The molecular formula is C23H23ClN2O4. The average Bonchev–Trinajstić information content (AvgIpc) is 2.97. The second kappa shape index (κ2) is 9.50. The number of carbonyl (C=O) groups is 2. The Balaban J connectivity index is 2.05. The van der Waals surface area contributed by atoms with Crippen LogP contribution in [0.4, 0.5) is 5.69 Å². The summed E-state index contributed by atoms with van der Waals surface area (Å²) in [6.07, 6.45) is 2.41. The van der Waals surface area contributed by atoms with Gasteiger partial charge in [0.15, 0.2) is 0 Å². The Morgan fingerprint density at radius 2 is 1.87 bits per heavy atom. The van der Waals surface area contributed by atoms with Gasteiger partial charge in [-0.25, -0.2) is 0 Å². The fourth-order valence-electron chi connectivity index (χ4n) is 3.11. The Bertz CT molecular complexity index is 999. The molecule has 0 radical (unpaired) electrons. The number of anilines is 1. The van der Waals surface area contributed by atoms with Gasteiger partial charge in [0.2, 0.25) is 0 Å². The van der Waals surface area contributed by atoms with Crippen molar-refractivity contribution < 1.29 is 19.1 Å². The van der Waals surface area contributed by atoms with Crippen LogP contribution in [0.25, 0.3) is 5.57 Å². The number of rotatable bonds is 9. The predicted octanol–water partition coefficient (Wildman–Crippen LogP) is 4.52. The van der Waals surface area contributed by atoms with E-state index in [1.165, 1.54) is 13.2 Å². The van der Waals surface area contributed by atoms with Gasteiger partial charge in [0, 0.05) is 11.6 Å². The van der Waals surface area contributed by atoms with E-state index in [0.29, 0.717) is 34.4 Å². The van der Waals surface area contributed by atoms with Crippen LogP contribution in [-0.4, -0.2) is 37.0 Å². The molecule has 7 heteroatoms. The van der Waals surface area contributed by atoms with Gasteiger partial charge in [-0.2, -0.15) is 0 Å². The molecule has 1 heterocycles. The van der Waals surface area contributed by atoms with Crippen LogP contribution in [0.5, 0.6) is 11.5 Å². The summed E-state index contributed by atoms with van der Waals surface area (Å²) in [6, 6.07) is 12.1. The summed E-state index contributed by atoms with van der Waals surface area (Å²) < 4.78 is 11.0. The summed E-state index contributed by atoms with van der Waals surface area (Å²) in [5, 5.41) is 3.53. The van der Waals surface area contributed by atoms with E-state index in [2.05, 4.69) is 11.9 Å². The van der Waals surface area contributed by atoms with E-state index in [9.17, 15) is 9.59 Å². The van der Waals surface area contributed by atoms with Gasteiger partial charge < -0.3 is 14.8 Å². The first-order valence-electron chi connectivity index (χ1n) is 9.55. The Kier molecular flexibility index (Phi) is 6.79. The molecule has 6 nitrogen and oxygen atoms in total. The molecule has 1 aliphatic heterocycles. The summed E-state index contributed by atoms with van der Waals surface area (Å²) in [7, 11) is 1.52. The smallest absolute Gasteiger partial charge is 0.278 e. The number of ether oxygens (including phenoxy) is 2. The summed E-state index contributed by atoms with van der Waals surface area (Å²) in [5.41, 5.74) is 1.52. The molecule has 0 fully saturated rings. The van der Waals surface area contributed by atoms with Crippen molar-refractivity contribution in [2.45, 2.75) is 13.3 Å². The number of hydrogen-bond acceptors (Lipinski definition) is 5. The van der Waals surface area contributed by atoms with Crippen molar-refractivity contribution in [2.24, 2.45) is 0 Å². The number of carbonyl (C=O) groups excluding carboxylic acids is 2. The van der Waals surface area contributed by atoms with E-state index in [1.807, 2.05) is 6.92 Å². The third-order valence-electron chi connectivity index (χ3n) is 4.52. The van der Waals surface area contributed by atoms with Gasteiger partial charge >= 0.3 is 0 Å². The van der Waals surface area contributed by atoms with E-state index in [-0.39, 0.29) is 17.8 Å². The molecule has 1 aliphatic rings. The molecule has 0 aromatic heterocycles. The highest BCUT2D eigenvalue weighted by Crippen LogP contribution is 2.35. The summed E-state index contributed by atoms with van der Waals surface area (Å²) in [5.74, 6) is 0.359. The molecule has 0 unspecified atom stereocenters. The monoisotopic (exact) mass is 426 g/mol. The number of halogens is 1. The summed E-state index contributed by atoms with van der Waals surface area (Å²) in [6.45, 7) is 6.38. The SMILES string of the molecule is C=CCN1C(=O)C(Nc2cc(Cl)ccc2OC)=C(c2ccc(OCCC)cc2)C1=O. The minimum absolute atomic E-state index is 0.108. The van der Waals surface area contributed by atoms with Crippen LogP contribution >= 0.6 is 11.6 Å². The first-order valence-corrected chi connectivity index (χ1v) is 9.93. The molecule has 0 bridgehead atoms. The quantitative estimate of drug-likeness (QED) is 0.471. The van der Waals surface area contributed by atoms with Crippen LogP contribution in [-0.2, 0) is 9.59 Å². The zero-order valence-corrected chi connectivity index (χ0v) is 17.7. The molecule has 0 spiro atoms. The Labute approximate surface area is 180 Å². The molecule has 0 saturated carbocycles. The first-order chi connectivity index (χ1) is 14.5. The van der Waals surface area contributed by atoms with Crippen molar-refractivity contribution in [3.05, 3.63) is 71.4 Å². The molecule has 2 aromatic carbocycles. The van der Waals surface area contributed by atoms with Crippen molar-refractivity contribution in [1.29, 1.82) is 0 Å². The molecule has 2 aromatic rings. The molecule has 0 atom stereocenters. The zero-order valence-electron chi connectivity index (χ0n) is 16.9. The molecule has 2 amide bonds. The van der Waals surface area contributed by atoms with Gasteiger partial charge in [0.1, 0.15) is 17.2 Å².